The Morgan fingerprint density at radius 2 is 1.71 bits per heavy atom. The molecule has 180 valence electrons. The van der Waals surface area contributed by atoms with Crippen LogP contribution in [0.1, 0.15) is 16.7 Å². The molecule has 1 aliphatic rings. The number of esters is 1. The molecule has 0 aromatic heterocycles. The topological polar surface area (TPSA) is 101 Å². The molecular weight excluding hydrogens is 452 g/mol. The van der Waals surface area contributed by atoms with E-state index >= 15 is 0 Å². The molecule has 0 unspecified atom stereocenters. The lowest BCUT2D eigenvalue weighted by Crippen LogP contribution is -2.14. The van der Waals surface area contributed by atoms with Crippen molar-refractivity contribution in [2.45, 2.75) is 6.42 Å². The second-order valence-corrected chi connectivity index (χ2v) is 7.62. The lowest BCUT2D eigenvalue weighted by Gasteiger charge is -2.19. The molecule has 0 atom stereocenters. The molecule has 0 amide bonds. The minimum Gasteiger partial charge on any atom is -0.497 e. The monoisotopic (exact) mass is 476 g/mol. The fourth-order valence-corrected chi connectivity index (χ4v) is 3.83. The zero-order chi connectivity index (χ0) is 24.8. The summed E-state index contributed by atoms with van der Waals surface area (Å²) in [7, 11) is 2.82. The maximum Gasteiger partial charge on any atom is 0.341 e. The molecule has 35 heavy (non-hydrogen) atoms. The van der Waals surface area contributed by atoms with Crippen molar-refractivity contribution in [3.05, 3.63) is 89.0 Å². The van der Waals surface area contributed by atoms with Crippen LogP contribution in [0.4, 0.5) is 0 Å². The van der Waals surface area contributed by atoms with Crippen LogP contribution in [0.3, 0.4) is 0 Å². The molecule has 1 aliphatic heterocycles. The number of hydrogen-bond donors (Lipinski definition) is 1. The first-order valence-corrected chi connectivity index (χ1v) is 10.8. The molecule has 1 heterocycles. The van der Waals surface area contributed by atoms with E-state index < -0.39 is 18.5 Å². The Morgan fingerprint density at radius 1 is 0.943 bits per heavy atom. The number of aliphatic carboxylic acids is 1. The number of rotatable bonds is 9. The number of ether oxygens (including phenoxy) is 5. The lowest BCUT2D eigenvalue weighted by atomic mass is 9.89. The lowest BCUT2D eigenvalue weighted by molar-refractivity contribution is -0.139. The van der Waals surface area contributed by atoms with Gasteiger partial charge in [-0.25, -0.2) is 9.59 Å². The van der Waals surface area contributed by atoms with Gasteiger partial charge in [-0.15, -0.1) is 0 Å². The molecule has 0 fully saturated rings. The minimum absolute atomic E-state index is 0.143. The SMILES string of the molecule is COC(=O)C(Cc1ccc2c(c1)OCO2)=C(c1ccccc1)c1ccc(OC)cc1OCC(=O)O. The fraction of sp³-hybridized carbons (Fsp3) is 0.185. The first-order chi connectivity index (χ1) is 17.0. The van der Waals surface area contributed by atoms with E-state index in [-0.39, 0.29) is 19.0 Å². The molecule has 4 rings (SSSR count). The van der Waals surface area contributed by atoms with Crippen molar-refractivity contribution in [3.63, 3.8) is 0 Å². The largest absolute Gasteiger partial charge is 0.497 e. The van der Waals surface area contributed by atoms with E-state index in [4.69, 9.17) is 23.7 Å². The third-order valence-corrected chi connectivity index (χ3v) is 5.42. The number of carboxylic acids is 1. The molecule has 8 heteroatoms. The van der Waals surface area contributed by atoms with Gasteiger partial charge < -0.3 is 28.8 Å². The van der Waals surface area contributed by atoms with Crippen LogP contribution in [0.15, 0.2) is 72.3 Å². The van der Waals surface area contributed by atoms with Crippen molar-refractivity contribution in [3.8, 4) is 23.0 Å². The molecule has 1 N–H and O–H groups in total. The second-order valence-electron chi connectivity index (χ2n) is 7.62. The molecule has 3 aromatic carbocycles. The zero-order valence-electron chi connectivity index (χ0n) is 19.3. The van der Waals surface area contributed by atoms with Gasteiger partial charge in [0.15, 0.2) is 18.1 Å². The number of hydrogen-bond acceptors (Lipinski definition) is 7. The average molecular weight is 476 g/mol. The third kappa shape index (κ3) is 5.38. The van der Waals surface area contributed by atoms with Gasteiger partial charge in [0.25, 0.3) is 0 Å². The van der Waals surface area contributed by atoms with Crippen LogP contribution < -0.4 is 18.9 Å². The molecular formula is C27H24O8. The number of carboxylic acid groups (broad SMARTS) is 1. The Kier molecular flexibility index (Phi) is 7.21. The Bertz CT molecular complexity index is 1260. The Balaban J connectivity index is 1.92. The van der Waals surface area contributed by atoms with Crippen molar-refractivity contribution in [1.29, 1.82) is 0 Å². The van der Waals surface area contributed by atoms with Crippen molar-refractivity contribution in [1.82, 2.24) is 0 Å². The maximum atomic E-state index is 13.1. The Labute approximate surface area is 202 Å². The molecule has 8 nitrogen and oxygen atoms in total. The molecule has 0 bridgehead atoms. The van der Waals surface area contributed by atoms with E-state index in [0.29, 0.717) is 34.0 Å². The smallest absolute Gasteiger partial charge is 0.341 e. The van der Waals surface area contributed by atoms with Crippen molar-refractivity contribution >= 4 is 17.5 Å². The second kappa shape index (κ2) is 10.6. The highest BCUT2D eigenvalue weighted by Crippen LogP contribution is 2.38. The van der Waals surface area contributed by atoms with Gasteiger partial charge in [0.2, 0.25) is 6.79 Å². The zero-order valence-corrected chi connectivity index (χ0v) is 19.3. The molecule has 3 aromatic rings. The van der Waals surface area contributed by atoms with Crippen LogP contribution in [-0.2, 0) is 20.7 Å². The molecule has 0 saturated carbocycles. The average Bonchev–Trinajstić information content (AvgIpc) is 3.35. The van der Waals surface area contributed by atoms with E-state index in [1.165, 1.54) is 14.2 Å². The predicted octanol–water partition coefficient (Wildman–Crippen LogP) is 4.10. The predicted molar refractivity (Wildman–Crippen MR) is 127 cm³/mol. The van der Waals surface area contributed by atoms with E-state index in [2.05, 4.69) is 0 Å². The summed E-state index contributed by atoms with van der Waals surface area (Å²) in [4.78, 5) is 24.4. The van der Waals surface area contributed by atoms with E-state index in [0.717, 1.165) is 11.1 Å². The quantitative estimate of drug-likeness (QED) is 0.364. The third-order valence-electron chi connectivity index (χ3n) is 5.42. The van der Waals surface area contributed by atoms with Gasteiger partial charge >= 0.3 is 11.9 Å². The molecule has 0 aliphatic carbocycles. The summed E-state index contributed by atoms with van der Waals surface area (Å²) < 4.78 is 27.0. The fourth-order valence-electron chi connectivity index (χ4n) is 3.83. The van der Waals surface area contributed by atoms with Gasteiger partial charge in [0.1, 0.15) is 11.5 Å². The minimum atomic E-state index is -1.13. The van der Waals surface area contributed by atoms with Crippen LogP contribution >= 0.6 is 0 Å². The van der Waals surface area contributed by atoms with Crippen LogP contribution in [-0.4, -0.2) is 44.7 Å². The highest BCUT2D eigenvalue weighted by Gasteiger charge is 2.24. The number of carbonyl (C=O) groups is 2. The summed E-state index contributed by atoms with van der Waals surface area (Å²) >= 11 is 0. The molecule has 0 radical (unpaired) electrons. The van der Waals surface area contributed by atoms with Crippen molar-refractivity contribution in [2.75, 3.05) is 27.6 Å². The summed E-state index contributed by atoms with van der Waals surface area (Å²) in [5.41, 5.74) is 2.99. The van der Waals surface area contributed by atoms with Crippen molar-refractivity contribution in [2.24, 2.45) is 0 Å². The van der Waals surface area contributed by atoms with Gasteiger partial charge in [0.05, 0.1) is 19.8 Å². The number of fused-ring (bicyclic) bond motifs is 1. The summed E-state index contributed by atoms with van der Waals surface area (Å²) in [6, 6.07) is 19.8. The first-order valence-electron chi connectivity index (χ1n) is 10.8. The van der Waals surface area contributed by atoms with Gasteiger partial charge in [-0.05, 0) is 35.4 Å². The van der Waals surface area contributed by atoms with E-state index in [1.807, 2.05) is 42.5 Å². The Morgan fingerprint density at radius 3 is 2.43 bits per heavy atom. The van der Waals surface area contributed by atoms with Crippen molar-refractivity contribution < 1.29 is 38.4 Å². The summed E-state index contributed by atoms with van der Waals surface area (Å²) in [6.07, 6.45) is 0.220. The Hall–Kier alpha value is -4.46. The van der Waals surface area contributed by atoms with E-state index in [9.17, 15) is 14.7 Å². The summed E-state index contributed by atoms with van der Waals surface area (Å²) in [5.74, 6) is 0.330. The highest BCUT2D eigenvalue weighted by atomic mass is 16.7. The van der Waals surface area contributed by atoms with Crippen LogP contribution in [0.2, 0.25) is 0 Å². The number of carbonyl (C=O) groups excluding carboxylic acids is 1. The normalized spacial score (nSPS) is 12.5. The van der Waals surface area contributed by atoms with Gasteiger partial charge in [0, 0.05) is 23.6 Å². The van der Waals surface area contributed by atoms with Gasteiger partial charge in [-0.1, -0.05) is 36.4 Å². The van der Waals surface area contributed by atoms with Gasteiger partial charge in [-0.3, -0.25) is 0 Å². The molecule has 0 saturated heterocycles. The standard InChI is InChI=1S/C27H24O8/c1-31-19-9-10-20(23(14-19)33-15-25(28)29)26(18-6-4-3-5-7-18)21(27(30)32-2)12-17-8-11-22-24(13-17)35-16-34-22/h3-11,13-14H,12,15-16H2,1-2H3,(H,28,29). The summed E-state index contributed by atoms with van der Waals surface area (Å²) in [6.45, 7) is -0.415. The van der Waals surface area contributed by atoms with Gasteiger partial charge in [-0.2, -0.15) is 0 Å². The first kappa shape index (κ1) is 23.7. The maximum absolute atomic E-state index is 13.1. The highest BCUT2D eigenvalue weighted by molar-refractivity contribution is 6.03. The molecule has 0 spiro atoms. The number of benzene rings is 3. The van der Waals surface area contributed by atoms with Crippen LogP contribution in [0.5, 0.6) is 23.0 Å². The summed E-state index contributed by atoms with van der Waals surface area (Å²) in [5, 5.41) is 9.19. The van der Waals surface area contributed by atoms with Crippen LogP contribution in [0.25, 0.3) is 5.57 Å². The number of methoxy groups -OCH3 is 2. The van der Waals surface area contributed by atoms with E-state index in [1.54, 1.807) is 24.3 Å². The van der Waals surface area contributed by atoms with Crippen LogP contribution in [0, 0.1) is 0 Å².